The van der Waals surface area contributed by atoms with E-state index in [2.05, 4.69) is 35.5 Å². The molecule has 3 unspecified atom stereocenters. The molecular weight excluding hydrogens is 222 g/mol. The van der Waals surface area contributed by atoms with E-state index in [-0.39, 0.29) is 0 Å². The van der Waals surface area contributed by atoms with Gasteiger partial charge in [-0.15, -0.1) is 0 Å². The van der Waals surface area contributed by atoms with Crippen LogP contribution in [0.25, 0.3) is 11.0 Å². The van der Waals surface area contributed by atoms with Crippen LogP contribution in [0.15, 0.2) is 24.3 Å². The Morgan fingerprint density at radius 2 is 2.00 bits per heavy atom. The summed E-state index contributed by atoms with van der Waals surface area (Å²) in [6.45, 7) is 4.69. The number of aromatic nitrogens is 2. The fraction of sp³-hybridized carbons (Fsp3) is 0.533. The molecule has 3 nitrogen and oxygen atoms in total. The van der Waals surface area contributed by atoms with Crippen molar-refractivity contribution in [2.75, 3.05) is 5.73 Å². The molecule has 0 aliphatic heterocycles. The number of nitrogens with two attached hydrogens (primary N) is 1. The zero-order valence-corrected chi connectivity index (χ0v) is 11.1. The van der Waals surface area contributed by atoms with Crippen LogP contribution in [0.2, 0.25) is 0 Å². The largest absolute Gasteiger partial charge is 0.369 e. The number of hydrogen-bond donors (Lipinski definition) is 1. The molecule has 1 aromatic carbocycles. The van der Waals surface area contributed by atoms with E-state index in [4.69, 9.17) is 5.73 Å². The number of hydrogen-bond acceptors (Lipinski definition) is 2. The molecule has 0 spiro atoms. The first-order valence-corrected chi connectivity index (χ1v) is 6.89. The van der Waals surface area contributed by atoms with Crippen LogP contribution in [-0.2, 0) is 0 Å². The summed E-state index contributed by atoms with van der Waals surface area (Å²) in [4.78, 5) is 4.48. The second-order valence-corrected chi connectivity index (χ2v) is 5.79. The van der Waals surface area contributed by atoms with E-state index >= 15 is 0 Å². The summed E-state index contributed by atoms with van der Waals surface area (Å²) in [5.41, 5.74) is 8.33. The molecule has 18 heavy (non-hydrogen) atoms. The Labute approximate surface area is 108 Å². The van der Waals surface area contributed by atoms with E-state index in [0.29, 0.717) is 17.9 Å². The Balaban J connectivity index is 2.06. The molecule has 1 heterocycles. The van der Waals surface area contributed by atoms with Crippen LogP contribution >= 0.6 is 0 Å². The average molecular weight is 243 g/mol. The Morgan fingerprint density at radius 1 is 1.22 bits per heavy atom. The van der Waals surface area contributed by atoms with Gasteiger partial charge in [0, 0.05) is 6.04 Å². The zero-order valence-electron chi connectivity index (χ0n) is 11.1. The molecule has 2 N–H and O–H groups in total. The Bertz CT molecular complexity index is 558. The van der Waals surface area contributed by atoms with Crippen molar-refractivity contribution >= 4 is 17.0 Å². The average Bonchev–Trinajstić information content (AvgIpc) is 2.66. The second kappa shape index (κ2) is 4.30. The van der Waals surface area contributed by atoms with Gasteiger partial charge in [0.25, 0.3) is 0 Å². The maximum atomic E-state index is 6.13. The summed E-state index contributed by atoms with van der Waals surface area (Å²) >= 11 is 0. The quantitative estimate of drug-likeness (QED) is 0.831. The Hall–Kier alpha value is -1.51. The van der Waals surface area contributed by atoms with Crippen LogP contribution in [0.1, 0.15) is 39.2 Å². The van der Waals surface area contributed by atoms with E-state index < -0.39 is 0 Å². The first-order valence-electron chi connectivity index (χ1n) is 6.89. The van der Waals surface area contributed by atoms with Gasteiger partial charge in [-0.3, -0.25) is 0 Å². The summed E-state index contributed by atoms with van der Waals surface area (Å²) < 4.78 is 2.26. The monoisotopic (exact) mass is 243 g/mol. The first-order chi connectivity index (χ1) is 8.66. The van der Waals surface area contributed by atoms with Crippen molar-refractivity contribution in [2.45, 2.75) is 39.2 Å². The lowest BCUT2D eigenvalue weighted by molar-refractivity contribution is 0.213. The molecule has 0 radical (unpaired) electrons. The molecule has 0 bridgehead atoms. The highest BCUT2D eigenvalue weighted by Gasteiger charge is 2.28. The number of imidazole rings is 1. The van der Waals surface area contributed by atoms with Crippen LogP contribution in [0.3, 0.4) is 0 Å². The van der Waals surface area contributed by atoms with E-state index in [1.807, 2.05) is 12.1 Å². The minimum atomic E-state index is 0.508. The molecule has 1 saturated carbocycles. The summed E-state index contributed by atoms with van der Waals surface area (Å²) in [6.07, 6.45) is 3.80. The SMILES string of the molecule is CC1CCC(n2c(N)nc3ccccc32)C(C)C1. The van der Waals surface area contributed by atoms with E-state index in [1.165, 1.54) is 24.8 Å². The van der Waals surface area contributed by atoms with Crippen molar-refractivity contribution in [2.24, 2.45) is 11.8 Å². The summed E-state index contributed by atoms with van der Waals surface area (Å²) in [6, 6.07) is 8.76. The van der Waals surface area contributed by atoms with Gasteiger partial charge in [0.15, 0.2) is 0 Å². The highest BCUT2D eigenvalue weighted by molar-refractivity contribution is 5.78. The lowest BCUT2D eigenvalue weighted by Gasteiger charge is -2.34. The van der Waals surface area contributed by atoms with Crippen LogP contribution in [0.5, 0.6) is 0 Å². The molecule has 1 aliphatic rings. The third-order valence-electron chi connectivity index (χ3n) is 4.34. The maximum Gasteiger partial charge on any atom is 0.201 e. The number of rotatable bonds is 1. The summed E-state index contributed by atoms with van der Waals surface area (Å²) in [7, 11) is 0. The number of anilines is 1. The van der Waals surface area contributed by atoms with Crippen molar-refractivity contribution < 1.29 is 0 Å². The standard InChI is InChI=1S/C15H21N3/c1-10-7-8-13(11(2)9-10)18-14-6-4-3-5-12(14)17-15(18)16/h3-6,10-11,13H,7-9H2,1-2H3,(H2,16,17). The first kappa shape index (κ1) is 11.6. The number of fused-ring (bicyclic) bond motifs is 1. The molecule has 1 aromatic heterocycles. The molecule has 1 aliphatic carbocycles. The molecule has 0 amide bonds. The third kappa shape index (κ3) is 1.78. The zero-order chi connectivity index (χ0) is 12.7. The molecule has 1 fully saturated rings. The van der Waals surface area contributed by atoms with Crippen molar-refractivity contribution in [3.8, 4) is 0 Å². The molecule has 3 heteroatoms. The van der Waals surface area contributed by atoms with Gasteiger partial charge >= 0.3 is 0 Å². The van der Waals surface area contributed by atoms with E-state index in [9.17, 15) is 0 Å². The predicted molar refractivity (Wildman–Crippen MR) is 75.4 cm³/mol. The topological polar surface area (TPSA) is 43.8 Å². The van der Waals surface area contributed by atoms with Gasteiger partial charge in [-0.2, -0.15) is 0 Å². The van der Waals surface area contributed by atoms with Crippen LogP contribution in [0, 0.1) is 11.8 Å². The number of para-hydroxylation sites is 2. The van der Waals surface area contributed by atoms with E-state index in [0.717, 1.165) is 11.4 Å². The highest BCUT2D eigenvalue weighted by atomic mass is 15.2. The molecule has 96 valence electrons. The van der Waals surface area contributed by atoms with Gasteiger partial charge < -0.3 is 10.3 Å². The highest BCUT2D eigenvalue weighted by Crippen LogP contribution is 2.39. The minimum absolute atomic E-state index is 0.508. The van der Waals surface area contributed by atoms with Gasteiger partial charge in [-0.25, -0.2) is 4.98 Å². The molecular formula is C15H21N3. The summed E-state index contributed by atoms with van der Waals surface area (Å²) in [5.74, 6) is 2.18. The lowest BCUT2D eigenvalue weighted by Crippen LogP contribution is -2.25. The van der Waals surface area contributed by atoms with Crippen molar-refractivity contribution in [3.05, 3.63) is 24.3 Å². The molecule has 3 atom stereocenters. The normalized spacial score (nSPS) is 28.7. The molecule has 2 aromatic rings. The Morgan fingerprint density at radius 3 is 2.78 bits per heavy atom. The fourth-order valence-corrected chi connectivity index (χ4v) is 3.44. The Kier molecular flexibility index (Phi) is 2.77. The molecule has 0 saturated heterocycles. The van der Waals surface area contributed by atoms with Gasteiger partial charge in [-0.1, -0.05) is 26.0 Å². The van der Waals surface area contributed by atoms with Crippen LogP contribution < -0.4 is 5.73 Å². The molecule has 3 rings (SSSR count). The van der Waals surface area contributed by atoms with Crippen LogP contribution in [0.4, 0.5) is 5.95 Å². The predicted octanol–water partition coefficient (Wildman–Crippen LogP) is 3.62. The smallest absolute Gasteiger partial charge is 0.201 e. The van der Waals surface area contributed by atoms with E-state index in [1.54, 1.807) is 0 Å². The number of nitrogens with zero attached hydrogens (tertiary/aromatic N) is 2. The van der Waals surface area contributed by atoms with Gasteiger partial charge in [-0.05, 0) is 43.2 Å². The van der Waals surface area contributed by atoms with Crippen molar-refractivity contribution in [1.82, 2.24) is 9.55 Å². The van der Waals surface area contributed by atoms with Gasteiger partial charge in [0.05, 0.1) is 11.0 Å². The maximum absolute atomic E-state index is 6.13. The minimum Gasteiger partial charge on any atom is -0.369 e. The summed E-state index contributed by atoms with van der Waals surface area (Å²) in [5, 5.41) is 0. The van der Waals surface area contributed by atoms with Gasteiger partial charge in [0.2, 0.25) is 5.95 Å². The third-order valence-corrected chi connectivity index (χ3v) is 4.34. The van der Waals surface area contributed by atoms with Crippen LogP contribution in [-0.4, -0.2) is 9.55 Å². The lowest BCUT2D eigenvalue weighted by atomic mass is 9.79. The number of nitrogen functional groups attached to an aromatic ring is 1. The van der Waals surface area contributed by atoms with Crippen molar-refractivity contribution in [3.63, 3.8) is 0 Å². The number of benzene rings is 1. The second-order valence-electron chi connectivity index (χ2n) is 5.79. The van der Waals surface area contributed by atoms with Crippen molar-refractivity contribution in [1.29, 1.82) is 0 Å². The fourth-order valence-electron chi connectivity index (χ4n) is 3.44. The van der Waals surface area contributed by atoms with Gasteiger partial charge in [0.1, 0.15) is 0 Å².